The summed E-state index contributed by atoms with van der Waals surface area (Å²) in [5, 5.41) is 13.5. The zero-order valence-corrected chi connectivity index (χ0v) is 17.3. The summed E-state index contributed by atoms with van der Waals surface area (Å²) in [6.07, 6.45) is 0. The Hall–Kier alpha value is -3.73. The largest absolute Gasteiger partial charge is 0.489 e. The summed E-state index contributed by atoms with van der Waals surface area (Å²) in [4.78, 5) is 12.6. The second kappa shape index (κ2) is 8.74. The molecular formula is C22H23N3O5. The number of carbonyl (C=O) groups is 1. The van der Waals surface area contributed by atoms with E-state index in [1.807, 2.05) is 13.8 Å². The second-order valence-electron chi connectivity index (χ2n) is 6.78. The molecular weight excluding hydrogens is 386 g/mol. The standard InChI is InChI=1S/C22H23N3O5/c1-5-27-22(26)19-14(4)29-21(24)17(10-23)20(19)15-6-8-16(9-7-15)28-11-18-12(2)25-30-13(18)3/h6-9,20H,5,11,24H2,1-4H3. The van der Waals surface area contributed by atoms with E-state index in [0.717, 1.165) is 11.3 Å². The van der Waals surface area contributed by atoms with E-state index in [-0.39, 0.29) is 23.6 Å². The summed E-state index contributed by atoms with van der Waals surface area (Å²) in [7, 11) is 0. The molecule has 1 aliphatic heterocycles. The zero-order chi connectivity index (χ0) is 21.8. The molecule has 3 rings (SSSR count). The first-order chi connectivity index (χ1) is 14.4. The van der Waals surface area contributed by atoms with Gasteiger partial charge in [-0.25, -0.2) is 4.79 Å². The molecule has 1 atom stereocenters. The third-order valence-electron chi connectivity index (χ3n) is 4.88. The van der Waals surface area contributed by atoms with E-state index in [0.29, 0.717) is 29.4 Å². The molecule has 1 aliphatic rings. The van der Waals surface area contributed by atoms with Gasteiger partial charge in [0.05, 0.1) is 29.4 Å². The Morgan fingerprint density at radius 1 is 1.27 bits per heavy atom. The van der Waals surface area contributed by atoms with E-state index >= 15 is 0 Å². The molecule has 1 aromatic carbocycles. The maximum Gasteiger partial charge on any atom is 0.338 e. The van der Waals surface area contributed by atoms with Gasteiger partial charge in [0.15, 0.2) is 0 Å². The quantitative estimate of drug-likeness (QED) is 0.720. The number of ether oxygens (including phenoxy) is 3. The van der Waals surface area contributed by atoms with Crippen LogP contribution in [-0.4, -0.2) is 17.7 Å². The maximum absolute atomic E-state index is 12.6. The molecule has 1 aromatic heterocycles. The Bertz CT molecular complexity index is 1040. The van der Waals surface area contributed by atoms with E-state index in [2.05, 4.69) is 11.2 Å². The van der Waals surface area contributed by atoms with Crippen LogP contribution in [0.15, 0.2) is 51.6 Å². The number of aryl methyl sites for hydroxylation is 2. The third-order valence-corrected chi connectivity index (χ3v) is 4.88. The predicted octanol–water partition coefficient (Wildman–Crippen LogP) is 3.52. The lowest BCUT2D eigenvalue weighted by atomic mass is 9.83. The topological polar surface area (TPSA) is 121 Å². The molecule has 2 aromatic rings. The number of hydrogen-bond acceptors (Lipinski definition) is 8. The molecule has 0 aliphatic carbocycles. The number of allylic oxidation sites excluding steroid dienone is 2. The van der Waals surface area contributed by atoms with Gasteiger partial charge in [0, 0.05) is 0 Å². The number of hydrogen-bond donors (Lipinski definition) is 1. The van der Waals surface area contributed by atoms with Gasteiger partial charge >= 0.3 is 5.97 Å². The van der Waals surface area contributed by atoms with Gasteiger partial charge in [-0.05, 0) is 45.4 Å². The number of aromatic nitrogens is 1. The van der Waals surface area contributed by atoms with Gasteiger partial charge in [0.2, 0.25) is 5.88 Å². The van der Waals surface area contributed by atoms with Crippen LogP contribution in [0.1, 0.15) is 42.3 Å². The molecule has 0 bridgehead atoms. The highest BCUT2D eigenvalue weighted by Crippen LogP contribution is 2.40. The fourth-order valence-corrected chi connectivity index (χ4v) is 3.31. The molecule has 2 N–H and O–H groups in total. The van der Waals surface area contributed by atoms with Gasteiger partial charge in [-0.1, -0.05) is 17.3 Å². The molecule has 0 radical (unpaired) electrons. The number of carbonyl (C=O) groups excluding carboxylic acids is 1. The van der Waals surface area contributed by atoms with Crippen LogP contribution in [0.25, 0.3) is 0 Å². The summed E-state index contributed by atoms with van der Waals surface area (Å²) in [5.74, 6) is 0.406. The van der Waals surface area contributed by atoms with Gasteiger partial charge in [0.1, 0.15) is 35.5 Å². The van der Waals surface area contributed by atoms with Crippen molar-refractivity contribution < 1.29 is 23.5 Å². The first-order valence-corrected chi connectivity index (χ1v) is 9.47. The molecule has 0 amide bonds. The number of nitrogens with zero attached hydrogens (tertiary/aromatic N) is 2. The SMILES string of the molecule is CCOC(=O)C1=C(C)OC(N)=C(C#N)C1c1ccc(OCc2c(C)noc2C)cc1. The van der Waals surface area contributed by atoms with Gasteiger partial charge < -0.3 is 24.5 Å². The molecule has 0 fully saturated rings. The summed E-state index contributed by atoms with van der Waals surface area (Å²) in [6.45, 7) is 7.56. The van der Waals surface area contributed by atoms with Crippen LogP contribution >= 0.6 is 0 Å². The van der Waals surface area contributed by atoms with Gasteiger partial charge in [-0.3, -0.25) is 0 Å². The molecule has 8 heteroatoms. The Morgan fingerprint density at radius 2 is 1.97 bits per heavy atom. The van der Waals surface area contributed by atoms with Crippen molar-refractivity contribution in [3.63, 3.8) is 0 Å². The van der Waals surface area contributed by atoms with Crippen molar-refractivity contribution in [3.05, 3.63) is 69.6 Å². The van der Waals surface area contributed by atoms with Gasteiger partial charge in [-0.15, -0.1) is 0 Å². The van der Waals surface area contributed by atoms with Crippen molar-refractivity contribution in [3.8, 4) is 11.8 Å². The molecule has 1 unspecified atom stereocenters. The first-order valence-electron chi connectivity index (χ1n) is 9.47. The number of esters is 1. The fraction of sp³-hybridized carbons (Fsp3) is 0.318. The number of rotatable bonds is 6. The van der Waals surface area contributed by atoms with E-state index < -0.39 is 11.9 Å². The molecule has 0 saturated heterocycles. The highest BCUT2D eigenvalue weighted by Gasteiger charge is 2.36. The maximum atomic E-state index is 12.6. The van der Waals surface area contributed by atoms with Gasteiger partial charge in [0.25, 0.3) is 0 Å². The normalized spacial score (nSPS) is 16.2. The van der Waals surface area contributed by atoms with Crippen LogP contribution in [-0.2, 0) is 20.9 Å². The fourth-order valence-electron chi connectivity index (χ4n) is 3.31. The minimum Gasteiger partial charge on any atom is -0.489 e. The van der Waals surface area contributed by atoms with Crippen LogP contribution in [0, 0.1) is 25.2 Å². The predicted molar refractivity (Wildman–Crippen MR) is 107 cm³/mol. The number of nitrogens with two attached hydrogens (primary N) is 1. The smallest absolute Gasteiger partial charge is 0.338 e. The average molecular weight is 409 g/mol. The summed E-state index contributed by atoms with van der Waals surface area (Å²) >= 11 is 0. The van der Waals surface area contributed by atoms with Gasteiger partial charge in [-0.2, -0.15) is 5.26 Å². The minimum absolute atomic E-state index is 0.0215. The highest BCUT2D eigenvalue weighted by atomic mass is 16.5. The van der Waals surface area contributed by atoms with E-state index in [1.54, 1.807) is 38.1 Å². The second-order valence-corrected chi connectivity index (χ2v) is 6.78. The Balaban J connectivity index is 1.89. The van der Waals surface area contributed by atoms with E-state index in [1.165, 1.54) is 0 Å². The monoisotopic (exact) mass is 409 g/mol. The molecule has 156 valence electrons. The van der Waals surface area contributed by atoms with Crippen molar-refractivity contribution in [1.82, 2.24) is 5.16 Å². The van der Waals surface area contributed by atoms with Crippen molar-refractivity contribution in [2.75, 3.05) is 6.61 Å². The lowest BCUT2D eigenvalue weighted by Crippen LogP contribution is -2.25. The van der Waals surface area contributed by atoms with Crippen LogP contribution in [0.5, 0.6) is 5.75 Å². The zero-order valence-electron chi connectivity index (χ0n) is 17.3. The van der Waals surface area contributed by atoms with Crippen molar-refractivity contribution in [2.24, 2.45) is 5.73 Å². The lowest BCUT2D eigenvalue weighted by molar-refractivity contribution is -0.139. The van der Waals surface area contributed by atoms with E-state index in [9.17, 15) is 10.1 Å². The molecule has 0 saturated carbocycles. The average Bonchev–Trinajstić information content (AvgIpc) is 3.04. The third kappa shape index (κ3) is 4.01. The van der Waals surface area contributed by atoms with Crippen molar-refractivity contribution >= 4 is 5.97 Å². The molecule has 8 nitrogen and oxygen atoms in total. The van der Waals surface area contributed by atoms with Crippen molar-refractivity contribution in [1.29, 1.82) is 5.26 Å². The Morgan fingerprint density at radius 3 is 2.53 bits per heavy atom. The summed E-state index contributed by atoms with van der Waals surface area (Å²) in [5.41, 5.74) is 8.71. The van der Waals surface area contributed by atoms with Crippen LogP contribution < -0.4 is 10.5 Å². The van der Waals surface area contributed by atoms with Crippen LogP contribution in [0.2, 0.25) is 0 Å². The minimum atomic E-state index is -0.681. The highest BCUT2D eigenvalue weighted by molar-refractivity contribution is 5.92. The Labute approximate surface area is 174 Å². The van der Waals surface area contributed by atoms with E-state index in [4.69, 9.17) is 24.5 Å². The molecule has 2 heterocycles. The van der Waals surface area contributed by atoms with Crippen molar-refractivity contribution in [2.45, 2.75) is 40.2 Å². The molecule has 0 spiro atoms. The molecule has 30 heavy (non-hydrogen) atoms. The van der Waals surface area contributed by atoms with Crippen LogP contribution in [0.4, 0.5) is 0 Å². The number of nitriles is 1. The summed E-state index contributed by atoms with van der Waals surface area (Å²) < 4.78 is 21.6. The lowest BCUT2D eigenvalue weighted by Gasteiger charge is -2.26. The summed E-state index contributed by atoms with van der Waals surface area (Å²) in [6, 6.07) is 9.17. The Kier molecular flexibility index (Phi) is 6.11. The van der Waals surface area contributed by atoms with Crippen LogP contribution in [0.3, 0.4) is 0 Å². The first kappa shape index (κ1) is 21.0. The number of benzene rings is 1.